The van der Waals surface area contributed by atoms with Crippen molar-refractivity contribution >= 4 is 21.9 Å². The summed E-state index contributed by atoms with van der Waals surface area (Å²) in [5.74, 6) is -0.0748. The SMILES string of the molecule is CC(C)(O)Cn1cc(-c2nc(NC3CCN(S(=O)(=O)CCCN4CCNC(=O)C4)CC3)ncc2C(F)(F)F)cn1. The molecule has 222 valence electrons. The first-order chi connectivity index (χ1) is 18.7. The van der Waals surface area contributed by atoms with Gasteiger partial charge in [0.05, 0.1) is 36.3 Å². The van der Waals surface area contributed by atoms with Gasteiger partial charge in [-0.15, -0.1) is 0 Å². The van der Waals surface area contributed by atoms with Crippen LogP contribution in [0, 0.1) is 0 Å². The second kappa shape index (κ2) is 12.0. The molecule has 2 saturated heterocycles. The van der Waals surface area contributed by atoms with Crippen LogP contribution in [0.25, 0.3) is 11.3 Å². The predicted molar refractivity (Wildman–Crippen MR) is 141 cm³/mol. The molecule has 0 aliphatic carbocycles. The number of nitrogens with zero attached hydrogens (tertiary/aromatic N) is 6. The number of rotatable bonds is 10. The molecule has 0 atom stereocenters. The normalized spacial score (nSPS) is 18.6. The number of alkyl halides is 3. The lowest BCUT2D eigenvalue weighted by molar-refractivity contribution is -0.137. The van der Waals surface area contributed by atoms with Crippen molar-refractivity contribution < 1.29 is 31.5 Å². The lowest BCUT2D eigenvalue weighted by Gasteiger charge is -2.32. The Hall–Kier alpha value is -2.82. The number of piperidine rings is 1. The summed E-state index contributed by atoms with van der Waals surface area (Å²) in [6.07, 6.45) is -0.0130. The van der Waals surface area contributed by atoms with Gasteiger partial charge in [0, 0.05) is 50.2 Å². The van der Waals surface area contributed by atoms with Crippen LogP contribution in [0.3, 0.4) is 0 Å². The molecule has 12 nitrogen and oxygen atoms in total. The standard InChI is InChI=1S/C24H35F3N8O4S/c1-23(2,37)16-34-14-17(12-30-34)21-19(24(25,26)27)13-29-22(32-21)31-18-4-8-35(9-5-18)40(38,39)11-3-7-33-10-6-28-20(36)15-33/h12-14,18,37H,3-11,15-16H2,1-2H3,(H,28,36)(H,29,31,32). The van der Waals surface area contributed by atoms with Gasteiger partial charge in [0.1, 0.15) is 5.56 Å². The highest BCUT2D eigenvalue weighted by Crippen LogP contribution is 2.36. The van der Waals surface area contributed by atoms with Crippen molar-refractivity contribution in [3.63, 3.8) is 0 Å². The van der Waals surface area contributed by atoms with Crippen molar-refractivity contribution in [3.8, 4) is 11.3 Å². The third-order valence-corrected chi connectivity index (χ3v) is 8.68. The fourth-order valence-corrected chi connectivity index (χ4v) is 6.31. The number of amides is 1. The van der Waals surface area contributed by atoms with Crippen molar-refractivity contribution in [3.05, 3.63) is 24.2 Å². The van der Waals surface area contributed by atoms with Crippen LogP contribution in [0.1, 0.15) is 38.7 Å². The first-order valence-corrected chi connectivity index (χ1v) is 14.7. The number of halogens is 3. The van der Waals surface area contributed by atoms with Crippen LogP contribution in [0.15, 0.2) is 18.6 Å². The van der Waals surface area contributed by atoms with E-state index in [4.69, 9.17) is 0 Å². The Morgan fingerprint density at radius 1 is 1.18 bits per heavy atom. The van der Waals surface area contributed by atoms with Gasteiger partial charge in [-0.05, 0) is 39.7 Å². The predicted octanol–water partition coefficient (Wildman–Crippen LogP) is 1.16. The van der Waals surface area contributed by atoms with Gasteiger partial charge in [0.15, 0.2) is 0 Å². The monoisotopic (exact) mass is 588 g/mol. The van der Waals surface area contributed by atoms with Crippen molar-refractivity contribution in [1.29, 1.82) is 0 Å². The van der Waals surface area contributed by atoms with Gasteiger partial charge in [-0.1, -0.05) is 0 Å². The average Bonchev–Trinajstić information content (AvgIpc) is 3.30. The lowest BCUT2D eigenvalue weighted by atomic mass is 10.1. The zero-order valence-corrected chi connectivity index (χ0v) is 23.3. The largest absolute Gasteiger partial charge is 0.419 e. The van der Waals surface area contributed by atoms with Crippen LogP contribution in [-0.2, 0) is 27.5 Å². The second-order valence-electron chi connectivity index (χ2n) is 10.8. The number of piperazine rings is 1. The van der Waals surface area contributed by atoms with Crippen LogP contribution in [-0.4, -0.2) is 105 Å². The Kier molecular flexibility index (Phi) is 9.02. The molecule has 2 aliphatic rings. The number of hydrogen-bond acceptors (Lipinski definition) is 9. The molecule has 3 N–H and O–H groups in total. The fourth-order valence-electron chi connectivity index (χ4n) is 4.79. The number of anilines is 1. The van der Waals surface area contributed by atoms with Gasteiger partial charge in [-0.25, -0.2) is 22.7 Å². The molecule has 0 unspecified atom stereocenters. The highest BCUT2D eigenvalue weighted by molar-refractivity contribution is 7.89. The molecule has 2 aliphatic heterocycles. The summed E-state index contributed by atoms with van der Waals surface area (Å²) in [7, 11) is -3.47. The second-order valence-corrected chi connectivity index (χ2v) is 12.9. The molecule has 2 aromatic heterocycles. The zero-order chi connectivity index (χ0) is 29.1. The van der Waals surface area contributed by atoms with E-state index in [-0.39, 0.29) is 61.1 Å². The van der Waals surface area contributed by atoms with Gasteiger partial charge in [0.25, 0.3) is 0 Å². The Balaban J connectivity index is 1.36. The van der Waals surface area contributed by atoms with E-state index >= 15 is 0 Å². The number of hydrogen-bond donors (Lipinski definition) is 3. The van der Waals surface area contributed by atoms with Crippen LogP contribution in [0.5, 0.6) is 0 Å². The van der Waals surface area contributed by atoms with E-state index in [1.165, 1.54) is 21.4 Å². The number of aromatic nitrogens is 4. The maximum atomic E-state index is 13.7. The topological polar surface area (TPSA) is 146 Å². The molecular formula is C24H35F3N8O4S. The summed E-state index contributed by atoms with van der Waals surface area (Å²) in [6, 6.07) is -0.221. The minimum Gasteiger partial charge on any atom is -0.389 e. The van der Waals surface area contributed by atoms with Gasteiger partial charge in [-0.3, -0.25) is 14.4 Å². The van der Waals surface area contributed by atoms with E-state index in [0.717, 1.165) is 6.20 Å². The molecule has 0 bridgehead atoms. The third kappa shape index (κ3) is 8.11. The number of carbonyl (C=O) groups is 1. The quantitative estimate of drug-likeness (QED) is 0.372. The number of aliphatic hydroxyl groups is 1. The molecule has 0 spiro atoms. The Morgan fingerprint density at radius 2 is 1.90 bits per heavy atom. The molecule has 0 aromatic carbocycles. The van der Waals surface area contributed by atoms with Crippen molar-refractivity contribution in [2.24, 2.45) is 0 Å². The van der Waals surface area contributed by atoms with E-state index in [9.17, 15) is 31.5 Å². The fraction of sp³-hybridized carbons (Fsp3) is 0.667. The maximum absolute atomic E-state index is 13.7. The summed E-state index contributed by atoms with van der Waals surface area (Å²) >= 11 is 0. The summed E-state index contributed by atoms with van der Waals surface area (Å²) in [6.45, 7) is 5.80. The highest BCUT2D eigenvalue weighted by atomic mass is 32.2. The number of sulfonamides is 1. The van der Waals surface area contributed by atoms with Gasteiger partial charge < -0.3 is 15.7 Å². The molecule has 16 heteroatoms. The number of nitrogens with one attached hydrogen (secondary N) is 2. The van der Waals surface area contributed by atoms with E-state index in [1.807, 2.05) is 4.90 Å². The van der Waals surface area contributed by atoms with Gasteiger partial charge in [-0.2, -0.15) is 18.3 Å². The van der Waals surface area contributed by atoms with Crippen LogP contribution >= 0.6 is 0 Å². The first-order valence-electron chi connectivity index (χ1n) is 13.1. The number of carbonyl (C=O) groups excluding carboxylic acids is 1. The summed E-state index contributed by atoms with van der Waals surface area (Å²) in [5.41, 5.74) is -2.32. The Bertz CT molecular complexity index is 1290. The summed E-state index contributed by atoms with van der Waals surface area (Å²) in [5, 5.41) is 19.8. The third-order valence-electron chi connectivity index (χ3n) is 6.72. The zero-order valence-electron chi connectivity index (χ0n) is 22.5. The van der Waals surface area contributed by atoms with Crippen LogP contribution in [0.4, 0.5) is 19.1 Å². The van der Waals surface area contributed by atoms with E-state index in [0.29, 0.717) is 38.9 Å². The van der Waals surface area contributed by atoms with Gasteiger partial charge >= 0.3 is 6.18 Å². The maximum Gasteiger partial charge on any atom is 0.419 e. The summed E-state index contributed by atoms with van der Waals surface area (Å²) in [4.78, 5) is 21.4. The van der Waals surface area contributed by atoms with Crippen molar-refractivity contribution in [2.45, 2.75) is 57.5 Å². The molecule has 40 heavy (non-hydrogen) atoms. The van der Waals surface area contributed by atoms with E-state index in [2.05, 4.69) is 25.7 Å². The molecule has 0 radical (unpaired) electrons. The Labute approximate surface area is 231 Å². The van der Waals surface area contributed by atoms with E-state index < -0.39 is 27.4 Å². The molecule has 4 rings (SSSR count). The average molecular weight is 589 g/mol. The van der Waals surface area contributed by atoms with Crippen molar-refractivity contribution in [2.75, 3.05) is 50.3 Å². The molecule has 0 saturated carbocycles. The lowest BCUT2D eigenvalue weighted by Crippen LogP contribution is -2.48. The smallest absolute Gasteiger partial charge is 0.389 e. The summed E-state index contributed by atoms with van der Waals surface area (Å²) < 4.78 is 69.6. The minimum atomic E-state index is -4.69. The molecule has 2 fully saturated rings. The van der Waals surface area contributed by atoms with Crippen LogP contribution < -0.4 is 10.6 Å². The Morgan fingerprint density at radius 3 is 2.55 bits per heavy atom. The van der Waals surface area contributed by atoms with Crippen LogP contribution in [0.2, 0.25) is 0 Å². The molecule has 4 heterocycles. The minimum absolute atomic E-state index is 0.00473. The van der Waals surface area contributed by atoms with Gasteiger partial charge in [0.2, 0.25) is 21.9 Å². The first kappa shape index (κ1) is 30.1. The van der Waals surface area contributed by atoms with E-state index in [1.54, 1.807) is 13.8 Å². The highest BCUT2D eigenvalue weighted by Gasteiger charge is 2.36. The molecular weight excluding hydrogens is 553 g/mol. The van der Waals surface area contributed by atoms with Crippen molar-refractivity contribution in [1.82, 2.24) is 34.3 Å². The molecule has 1 amide bonds. The molecule has 2 aromatic rings.